The SMILES string of the molecule is O=C1CN(Sc2ccc3cc(Cl)ccc3c2)CCN1N=C1CCN(c2ccncc2)CC1. The number of aromatic nitrogens is 1. The van der Waals surface area contributed by atoms with Crippen LogP contribution in [0.25, 0.3) is 10.8 Å². The average Bonchev–Trinajstić information content (AvgIpc) is 2.82. The number of hydrogen-bond acceptors (Lipinski definition) is 6. The summed E-state index contributed by atoms with van der Waals surface area (Å²) in [6, 6.07) is 16.3. The summed E-state index contributed by atoms with van der Waals surface area (Å²) >= 11 is 7.70. The van der Waals surface area contributed by atoms with Gasteiger partial charge < -0.3 is 4.90 Å². The summed E-state index contributed by atoms with van der Waals surface area (Å²) in [7, 11) is 0. The van der Waals surface area contributed by atoms with Crippen LogP contribution in [0.3, 0.4) is 0 Å². The summed E-state index contributed by atoms with van der Waals surface area (Å²) in [6.45, 7) is 3.60. The van der Waals surface area contributed by atoms with Crippen molar-refractivity contribution in [2.45, 2.75) is 17.7 Å². The third-order valence-electron chi connectivity index (χ3n) is 5.80. The number of carbonyl (C=O) groups excluding carboxylic acids is 1. The van der Waals surface area contributed by atoms with E-state index < -0.39 is 0 Å². The molecule has 8 heteroatoms. The summed E-state index contributed by atoms with van der Waals surface area (Å²) in [5, 5.41) is 9.38. The normalized spacial score (nSPS) is 17.8. The number of benzene rings is 2. The van der Waals surface area contributed by atoms with E-state index in [0.717, 1.165) is 58.9 Å². The van der Waals surface area contributed by atoms with Gasteiger partial charge in [-0.15, -0.1) is 0 Å². The lowest BCUT2D eigenvalue weighted by Gasteiger charge is -2.33. The van der Waals surface area contributed by atoms with Crippen molar-refractivity contribution in [3.05, 3.63) is 65.9 Å². The molecule has 0 bridgehead atoms. The number of halogens is 1. The topological polar surface area (TPSA) is 52.0 Å². The summed E-state index contributed by atoms with van der Waals surface area (Å²) in [6.07, 6.45) is 5.41. The molecule has 1 amide bonds. The van der Waals surface area contributed by atoms with E-state index in [9.17, 15) is 4.79 Å². The Bertz CT molecular complexity index is 1150. The second-order valence-electron chi connectivity index (χ2n) is 7.98. The first kappa shape index (κ1) is 21.2. The lowest BCUT2D eigenvalue weighted by atomic mass is 10.1. The predicted molar refractivity (Wildman–Crippen MR) is 131 cm³/mol. The molecule has 3 heterocycles. The van der Waals surface area contributed by atoms with Crippen molar-refractivity contribution in [2.75, 3.05) is 37.6 Å². The van der Waals surface area contributed by atoms with E-state index in [1.54, 1.807) is 17.0 Å². The minimum absolute atomic E-state index is 0.0559. The maximum absolute atomic E-state index is 12.7. The molecule has 0 N–H and O–H groups in total. The third kappa shape index (κ3) is 4.90. The van der Waals surface area contributed by atoms with Crippen LogP contribution in [0.5, 0.6) is 0 Å². The fourth-order valence-electron chi connectivity index (χ4n) is 4.08. The zero-order valence-electron chi connectivity index (χ0n) is 17.7. The van der Waals surface area contributed by atoms with Gasteiger partial charge in [0.15, 0.2) is 0 Å². The molecule has 32 heavy (non-hydrogen) atoms. The lowest BCUT2D eigenvalue weighted by molar-refractivity contribution is -0.133. The molecule has 2 saturated heterocycles. The average molecular weight is 466 g/mol. The highest BCUT2D eigenvalue weighted by atomic mass is 35.5. The number of amides is 1. The molecule has 164 valence electrons. The standard InChI is InChI=1S/C24H24ClN5OS/c25-20-3-1-19-16-23(4-2-18(19)15-20)32-29-13-14-30(24(31)17-29)27-21-7-11-28(12-8-21)22-5-9-26-10-6-22/h1-6,9-10,15-16H,7-8,11-14,17H2. The van der Waals surface area contributed by atoms with Crippen LogP contribution < -0.4 is 4.90 Å². The Kier molecular flexibility index (Phi) is 6.30. The van der Waals surface area contributed by atoms with E-state index in [4.69, 9.17) is 16.7 Å². The first-order chi connectivity index (χ1) is 15.6. The summed E-state index contributed by atoms with van der Waals surface area (Å²) < 4.78 is 2.11. The molecular formula is C24H24ClN5OS. The van der Waals surface area contributed by atoms with Crippen LogP contribution >= 0.6 is 23.5 Å². The highest BCUT2D eigenvalue weighted by molar-refractivity contribution is 7.97. The molecule has 2 aromatic carbocycles. The molecule has 0 atom stereocenters. The highest BCUT2D eigenvalue weighted by Gasteiger charge is 2.26. The Morgan fingerprint density at radius 2 is 1.66 bits per heavy atom. The number of hydrogen-bond donors (Lipinski definition) is 0. The number of nitrogens with zero attached hydrogens (tertiary/aromatic N) is 5. The molecule has 5 rings (SSSR count). The molecule has 6 nitrogen and oxygen atoms in total. The van der Waals surface area contributed by atoms with Gasteiger partial charge in [-0.1, -0.05) is 23.7 Å². The number of carbonyl (C=O) groups is 1. The van der Waals surface area contributed by atoms with E-state index in [1.165, 1.54) is 5.69 Å². The van der Waals surface area contributed by atoms with Crippen LogP contribution in [0.15, 0.2) is 70.9 Å². The van der Waals surface area contributed by atoms with Crippen LogP contribution in [-0.2, 0) is 4.79 Å². The van der Waals surface area contributed by atoms with Gasteiger partial charge in [0.25, 0.3) is 5.91 Å². The minimum Gasteiger partial charge on any atom is -0.371 e. The summed E-state index contributed by atoms with van der Waals surface area (Å²) in [4.78, 5) is 20.3. The summed E-state index contributed by atoms with van der Waals surface area (Å²) in [5.41, 5.74) is 2.30. The van der Waals surface area contributed by atoms with Gasteiger partial charge in [0, 0.05) is 66.2 Å². The van der Waals surface area contributed by atoms with Crippen LogP contribution in [0.4, 0.5) is 5.69 Å². The van der Waals surface area contributed by atoms with Gasteiger partial charge in [0.2, 0.25) is 0 Å². The number of piperazine rings is 1. The van der Waals surface area contributed by atoms with E-state index in [2.05, 4.69) is 32.4 Å². The van der Waals surface area contributed by atoms with Crippen molar-refractivity contribution in [3.63, 3.8) is 0 Å². The fraction of sp³-hybridized carbons (Fsp3) is 0.292. The molecule has 0 aliphatic carbocycles. The molecule has 0 spiro atoms. The Balaban J connectivity index is 1.16. The second-order valence-corrected chi connectivity index (χ2v) is 9.59. The Morgan fingerprint density at radius 1 is 0.906 bits per heavy atom. The number of hydrazone groups is 1. The van der Waals surface area contributed by atoms with Crippen LogP contribution in [0.2, 0.25) is 5.02 Å². The second kappa shape index (κ2) is 9.48. The molecular weight excluding hydrogens is 442 g/mol. The molecule has 3 aromatic rings. The monoisotopic (exact) mass is 465 g/mol. The van der Waals surface area contributed by atoms with Crippen LogP contribution in [-0.4, -0.2) is 58.6 Å². The summed E-state index contributed by atoms with van der Waals surface area (Å²) in [5.74, 6) is 0.0559. The van der Waals surface area contributed by atoms with Gasteiger partial charge in [0.1, 0.15) is 0 Å². The first-order valence-electron chi connectivity index (χ1n) is 10.8. The van der Waals surface area contributed by atoms with Crippen molar-refractivity contribution in [2.24, 2.45) is 5.10 Å². The van der Waals surface area contributed by atoms with Gasteiger partial charge in [0.05, 0.1) is 13.1 Å². The van der Waals surface area contributed by atoms with Crippen molar-refractivity contribution in [3.8, 4) is 0 Å². The zero-order valence-corrected chi connectivity index (χ0v) is 19.2. The number of pyridine rings is 1. The predicted octanol–water partition coefficient (Wildman–Crippen LogP) is 4.70. The van der Waals surface area contributed by atoms with E-state index >= 15 is 0 Å². The van der Waals surface area contributed by atoms with Gasteiger partial charge in [-0.25, -0.2) is 9.31 Å². The molecule has 0 radical (unpaired) electrons. The quantitative estimate of drug-likeness (QED) is 0.523. The van der Waals surface area contributed by atoms with E-state index in [-0.39, 0.29) is 5.91 Å². The Labute approximate surface area is 197 Å². The van der Waals surface area contributed by atoms with Crippen molar-refractivity contribution in [1.82, 2.24) is 14.3 Å². The lowest BCUT2D eigenvalue weighted by Crippen LogP contribution is -2.46. The molecule has 1 aromatic heterocycles. The van der Waals surface area contributed by atoms with Gasteiger partial charge in [-0.05, 0) is 59.1 Å². The smallest absolute Gasteiger partial charge is 0.257 e. The maximum atomic E-state index is 12.7. The van der Waals surface area contributed by atoms with E-state index in [0.29, 0.717) is 13.1 Å². The van der Waals surface area contributed by atoms with E-state index in [1.807, 2.05) is 42.7 Å². The zero-order chi connectivity index (χ0) is 21.9. The largest absolute Gasteiger partial charge is 0.371 e. The van der Waals surface area contributed by atoms with Crippen LogP contribution in [0, 0.1) is 0 Å². The third-order valence-corrected chi connectivity index (χ3v) is 7.07. The molecule has 0 saturated carbocycles. The number of rotatable bonds is 4. The van der Waals surface area contributed by atoms with Gasteiger partial charge in [-0.3, -0.25) is 9.78 Å². The maximum Gasteiger partial charge on any atom is 0.257 e. The van der Waals surface area contributed by atoms with Crippen molar-refractivity contribution in [1.29, 1.82) is 0 Å². The molecule has 2 fully saturated rings. The van der Waals surface area contributed by atoms with Gasteiger partial charge in [-0.2, -0.15) is 5.10 Å². The number of anilines is 1. The Morgan fingerprint density at radius 3 is 2.44 bits per heavy atom. The van der Waals surface area contributed by atoms with Crippen molar-refractivity contribution < 1.29 is 4.79 Å². The first-order valence-corrected chi connectivity index (χ1v) is 11.9. The van der Waals surface area contributed by atoms with Crippen LogP contribution in [0.1, 0.15) is 12.8 Å². The number of fused-ring (bicyclic) bond motifs is 1. The highest BCUT2D eigenvalue weighted by Crippen LogP contribution is 2.29. The molecule has 2 aliphatic rings. The molecule has 2 aliphatic heterocycles. The van der Waals surface area contributed by atoms with Gasteiger partial charge >= 0.3 is 0 Å². The molecule has 0 unspecified atom stereocenters. The fourth-order valence-corrected chi connectivity index (χ4v) is 5.21. The number of piperidine rings is 1. The minimum atomic E-state index is 0.0559. The van der Waals surface area contributed by atoms with Crippen molar-refractivity contribution >= 4 is 51.6 Å². The Hall–Kier alpha value is -2.61.